The second-order valence-corrected chi connectivity index (χ2v) is 4.45. The van der Waals surface area contributed by atoms with Crippen molar-refractivity contribution in [1.29, 1.82) is 0 Å². The molecule has 1 aromatic rings. The van der Waals surface area contributed by atoms with Gasteiger partial charge in [-0.25, -0.2) is 0 Å². The van der Waals surface area contributed by atoms with E-state index in [0.29, 0.717) is 5.76 Å². The molecule has 1 fully saturated rings. The molecule has 2 unspecified atom stereocenters. The SMILES string of the molecule is CC1CNCC(C)N1C(=O)C=Cc1ccco1. The minimum atomic E-state index is 0.0444. The van der Waals surface area contributed by atoms with Crippen LogP contribution in [0.15, 0.2) is 28.9 Å². The monoisotopic (exact) mass is 234 g/mol. The zero-order valence-corrected chi connectivity index (χ0v) is 10.2. The van der Waals surface area contributed by atoms with Crippen molar-refractivity contribution < 1.29 is 9.21 Å². The van der Waals surface area contributed by atoms with E-state index in [1.807, 2.05) is 11.0 Å². The molecule has 4 heteroatoms. The summed E-state index contributed by atoms with van der Waals surface area (Å²) in [6.07, 6.45) is 4.89. The lowest BCUT2D eigenvalue weighted by atomic mass is 10.1. The highest BCUT2D eigenvalue weighted by Crippen LogP contribution is 2.11. The summed E-state index contributed by atoms with van der Waals surface area (Å²) in [5.74, 6) is 0.747. The molecule has 2 heterocycles. The molecule has 0 aromatic carbocycles. The lowest BCUT2D eigenvalue weighted by molar-refractivity contribution is -0.131. The van der Waals surface area contributed by atoms with Crippen LogP contribution >= 0.6 is 0 Å². The highest BCUT2D eigenvalue weighted by Gasteiger charge is 2.27. The van der Waals surface area contributed by atoms with Crippen LogP contribution in [0.1, 0.15) is 19.6 Å². The normalized spacial score (nSPS) is 25.4. The van der Waals surface area contributed by atoms with E-state index in [0.717, 1.165) is 13.1 Å². The summed E-state index contributed by atoms with van der Waals surface area (Å²) in [6.45, 7) is 5.82. The average Bonchev–Trinajstić information content (AvgIpc) is 2.79. The summed E-state index contributed by atoms with van der Waals surface area (Å²) in [7, 11) is 0. The number of furan rings is 1. The number of hydrogen-bond acceptors (Lipinski definition) is 3. The molecular formula is C13H18N2O2. The van der Waals surface area contributed by atoms with Crippen LogP contribution in [0.3, 0.4) is 0 Å². The standard InChI is InChI=1S/C13H18N2O2/c1-10-8-14-9-11(2)15(10)13(16)6-5-12-4-3-7-17-12/h3-7,10-11,14H,8-9H2,1-2H3. The topological polar surface area (TPSA) is 45.5 Å². The minimum Gasteiger partial charge on any atom is -0.465 e. The zero-order valence-electron chi connectivity index (χ0n) is 10.2. The van der Waals surface area contributed by atoms with Gasteiger partial charge in [0, 0.05) is 31.2 Å². The minimum absolute atomic E-state index is 0.0444. The Morgan fingerprint density at radius 1 is 1.47 bits per heavy atom. The molecule has 0 aliphatic carbocycles. The molecular weight excluding hydrogens is 216 g/mol. The Kier molecular flexibility index (Phi) is 3.64. The van der Waals surface area contributed by atoms with E-state index in [2.05, 4.69) is 19.2 Å². The molecule has 92 valence electrons. The fraction of sp³-hybridized carbons (Fsp3) is 0.462. The number of rotatable bonds is 2. The number of carbonyl (C=O) groups is 1. The largest absolute Gasteiger partial charge is 0.465 e. The number of hydrogen-bond donors (Lipinski definition) is 1. The van der Waals surface area contributed by atoms with Crippen molar-refractivity contribution in [3.05, 3.63) is 30.2 Å². The number of carbonyl (C=O) groups excluding carboxylic acids is 1. The summed E-state index contributed by atoms with van der Waals surface area (Å²) >= 11 is 0. The molecule has 0 spiro atoms. The van der Waals surface area contributed by atoms with Gasteiger partial charge in [0.2, 0.25) is 5.91 Å². The average molecular weight is 234 g/mol. The van der Waals surface area contributed by atoms with Crippen LogP contribution in [-0.2, 0) is 4.79 Å². The van der Waals surface area contributed by atoms with E-state index < -0.39 is 0 Å². The summed E-state index contributed by atoms with van der Waals surface area (Å²) in [6, 6.07) is 4.09. The van der Waals surface area contributed by atoms with Crippen LogP contribution in [0.4, 0.5) is 0 Å². The van der Waals surface area contributed by atoms with Crippen molar-refractivity contribution in [2.45, 2.75) is 25.9 Å². The quantitative estimate of drug-likeness (QED) is 0.789. The van der Waals surface area contributed by atoms with Gasteiger partial charge in [-0.2, -0.15) is 0 Å². The predicted molar refractivity (Wildman–Crippen MR) is 66.4 cm³/mol. The van der Waals surface area contributed by atoms with E-state index >= 15 is 0 Å². The Morgan fingerprint density at radius 2 is 2.18 bits per heavy atom. The Morgan fingerprint density at radius 3 is 2.76 bits per heavy atom. The molecule has 2 atom stereocenters. The Balaban J connectivity index is 2.03. The van der Waals surface area contributed by atoms with E-state index in [1.54, 1.807) is 24.5 Å². The van der Waals surface area contributed by atoms with Gasteiger partial charge in [-0.15, -0.1) is 0 Å². The van der Waals surface area contributed by atoms with Crippen LogP contribution < -0.4 is 5.32 Å². The first-order chi connectivity index (χ1) is 8.18. The first kappa shape index (κ1) is 11.9. The predicted octanol–water partition coefficient (Wildman–Crippen LogP) is 1.50. The Bertz CT molecular complexity index is 388. The fourth-order valence-electron chi connectivity index (χ4n) is 2.19. The second-order valence-electron chi connectivity index (χ2n) is 4.45. The molecule has 1 aliphatic heterocycles. The molecule has 0 radical (unpaired) electrons. The molecule has 1 N–H and O–H groups in total. The van der Waals surface area contributed by atoms with Gasteiger partial charge in [0.1, 0.15) is 5.76 Å². The maximum Gasteiger partial charge on any atom is 0.247 e. The van der Waals surface area contributed by atoms with Gasteiger partial charge < -0.3 is 14.6 Å². The molecule has 17 heavy (non-hydrogen) atoms. The maximum atomic E-state index is 12.1. The summed E-state index contributed by atoms with van der Waals surface area (Å²) in [5, 5.41) is 3.30. The van der Waals surface area contributed by atoms with Crippen LogP contribution in [0.5, 0.6) is 0 Å². The second kappa shape index (κ2) is 5.19. The van der Waals surface area contributed by atoms with Gasteiger partial charge in [0.25, 0.3) is 0 Å². The third-order valence-electron chi connectivity index (χ3n) is 3.02. The highest BCUT2D eigenvalue weighted by molar-refractivity contribution is 5.92. The number of amides is 1. The highest BCUT2D eigenvalue weighted by atomic mass is 16.3. The number of nitrogens with one attached hydrogen (secondary N) is 1. The van der Waals surface area contributed by atoms with Gasteiger partial charge in [0.15, 0.2) is 0 Å². The molecule has 1 amide bonds. The molecule has 2 rings (SSSR count). The third-order valence-corrected chi connectivity index (χ3v) is 3.02. The van der Waals surface area contributed by atoms with E-state index in [-0.39, 0.29) is 18.0 Å². The molecule has 4 nitrogen and oxygen atoms in total. The van der Waals surface area contributed by atoms with Crippen LogP contribution in [0.2, 0.25) is 0 Å². The van der Waals surface area contributed by atoms with E-state index in [9.17, 15) is 4.79 Å². The number of nitrogens with zero attached hydrogens (tertiary/aromatic N) is 1. The van der Waals surface area contributed by atoms with Gasteiger partial charge in [-0.1, -0.05) is 0 Å². The lowest BCUT2D eigenvalue weighted by Crippen LogP contribution is -2.56. The molecule has 0 bridgehead atoms. The van der Waals surface area contributed by atoms with Crippen molar-refractivity contribution in [2.24, 2.45) is 0 Å². The fourth-order valence-corrected chi connectivity index (χ4v) is 2.19. The molecule has 0 saturated carbocycles. The van der Waals surface area contributed by atoms with E-state index in [4.69, 9.17) is 4.42 Å². The summed E-state index contributed by atoms with van der Waals surface area (Å²) in [4.78, 5) is 14.0. The van der Waals surface area contributed by atoms with Crippen molar-refractivity contribution >= 4 is 12.0 Å². The van der Waals surface area contributed by atoms with Gasteiger partial charge in [-0.05, 0) is 32.1 Å². The molecule has 1 aliphatic rings. The van der Waals surface area contributed by atoms with Crippen LogP contribution in [0, 0.1) is 0 Å². The third kappa shape index (κ3) is 2.77. The van der Waals surface area contributed by atoms with Crippen LogP contribution in [0.25, 0.3) is 6.08 Å². The Hall–Kier alpha value is -1.55. The first-order valence-electron chi connectivity index (χ1n) is 5.93. The molecule has 1 aromatic heterocycles. The van der Waals surface area contributed by atoms with E-state index in [1.165, 1.54) is 0 Å². The van der Waals surface area contributed by atoms with Crippen molar-refractivity contribution in [2.75, 3.05) is 13.1 Å². The van der Waals surface area contributed by atoms with Crippen molar-refractivity contribution in [3.8, 4) is 0 Å². The van der Waals surface area contributed by atoms with Crippen molar-refractivity contribution in [1.82, 2.24) is 10.2 Å². The van der Waals surface area contributed by atoms with Gasteiger partial charge in [0.05, 0.1) is 6.26 Å². The first-order valence-corrected chi connectivity index (χ1v) is 5.93. The smallest absolute Gasteiger partial charge is 0.247 e. The Labute approximate surface area is 101 Å². The van der Waals surface area contributed by atoms with Crippen LogP contribution in [-0.4, -0.2) is 36.0 Å². The summed E-state index contributed by atoms with van der Waals surface area (Å²) < 4.78 is 5.16. The lowest BCUT2D eigenvalue weighted by Gasteiger charge is -2.38. The van der Waals surface area contributed by atoms with Gasteiger partial charge >= 0.3 is 0 Å². The summed E-state index contributed by atoms with van der Waals surface area (Å²) in [5.41, 5.74) is 0. The molecule has 1 saturated heterocycles. The zero-order chi connectivity index (χ0) is 12.3. The number of piperazine rings is 1. The maximum absolute atomic E-state index is 12.1. The van der Waals surface area contributed by atoms with Gasteiger partial charge in [-0.3, -0.25) is 4.79 Å². The van der Waals surface area contributed by atoms with Crippen molar-refractivity contribution in [3.63, 3.8) is 0 Å².